The van der Waals surface area contributed by atoms with Crippen LogP contribution in [0.1, 0.15) is 6.42 Å². The third-order valence-electron chi connectivity index (χ3n) is 3.68. The van der Waals surface area contributed by atoms with E-state index in [1.54, 1.807) is 13.1 Å². The quantitative estimate of drug-likeness (QED) is 0.847. The van der Waals surface area contributed by atoms with Gasteiger partial charge in [-0.3, -0.25) is 0 Å². The average Bonchev–Trinajstić information content (AvgIpc) is 2.84. The lowest BCUT2D eigenvalue weighted by Gasteiger charge is -2.24. The van der Waals surface area contributed by atoms with E-state index in [-0.39, 0.29) is 10.9 Å². The van der Waals surface area contributed by atoms with Gasteiger partial charge in [-0.25, -0.2) is 8.42 Å². The largest absolute Gasteiger partial charge is 0.495 e. The molecule has 0 radical (unpaired) electrons. The Morgan fingerprint density at radius 1 is 1.45 bits per heavy atom. The summed E-state index contributed by atoms with van der Waals surface area (Å²) in [5.74, 6) is 0.467. The van der Waals surface area contributed by atoms with E-state index in [0.717, 1.165) is 19.5 Å². The van der Waals surface area contributed by atoms with Crippen molar-refractivity contribution < 1.29 is 13.2 Å². The molecule has 0 aliphatic carbocycles. The van der Waals surface area contributed by atoms with E-state index in [1.165, 1.54) is 23.5 Å². The second kappa shape index (κ2) is 5.89. The molecule has 2 rings (SSSR count). The molecule has 1 aromatic carbocycles. The summed E-state index contributed by atoms with van der Waals surface area (Å²) in [6.45, 7) is 1.66. The Kier molecular flexibility index (Phi) is 4.59. The number of hydrogen-bond donors (Lipinski definition) is 0. The lowest BCUT2D eigenvalue weighted by atomic mass is 10.3. The summed E-state index contributed by atoms with van der Waals surface area (Å²) in [5, 5.41) is 0.297. The van der Waals surface area contributed by atoms with Gasteiger partial charge in [0.15, 0.2) is 0 Å². The van der Waals surface area contributed by atoms with Crippen LogP contribution >= 0.6 is 11.6 Å². The second-order valence-electron chi connectivity index (χ2n) is 5.02. The Hall–Kier alpha value is -0.820. The molecule has 1 fully saturated rings. The molecule has 0 bridgehead atoms. The van der Waals surface area contributed by atoms with Gasteiger partial charge in [-0.2, -0.15) is 4.31 Å². The van der Waals surface area contributed by atoms with Crippen molar-refractivity contribution in [3.05, 3.63) is 23.2 Å². The summed E-state index contributed by atoms with van der Waals surface area (Å²) in [6.07, 6.45) is 0.843. The molecule has 5 nitrogen and oxygen atoms in total. The van der Waals surface area contributed by atoms with E-state index < -0.39 is 10.0 Å². The fourth-order valence-electron chi connectivity index (χ4n) is 2.38. The monoisotopic (exact) mass is 318 g/mol. The van der Waals surface area contributed by atoms with E-state index in [4.69, 9.17) is 16.3 Å². The Labute approximate surface area is 125 Å². The first kappa shape index (κ1) is 15.6. The van der Waals surface area contributed by atoms with Crippen LogP contribution in [0.25, 0.3) is 0 Å². The van der Waals surface area contributed by atoms with Gasteiger partial charge >= 0.3 is 0 Å². The van der Waals surface area contributed by atoms with Crippen molar-refractivity contribution >= 4 is 21.6 Å². The third-order valence-corrected chi connectivity index (χ3v) is 5.88. The summed E-state index contributed by atoms with van der Waals surface area (Å²) in [4.78, 5) is 2.32. The van der Waals surface area contributed by atoms with Crippen LogP contribution in [0.15, 0.2) is 23.1 Å². The minimum atomic E-state index is -3.53. The number of benzene rings is 1. The molecule has 20 heavy (non-hydrogen) atoms. The Morgan fingerprint density at radius 3 is 2.65 bits per heavy atom. The minimum Gasteiger partial charge on any atom is -0.495 e. The zero-order valence-electron chi connectivity index (χ0n) is 11.8. The van der Waals surface area contributed by atoms with Crippen LogP contribution in [-0.4, -0.2) is 58.0 Å². The molecule has 1 aliphatic heterocycles. The predicted octanol–water partition coefficient (Wildman–Crippen LogP) is 1.67. The smallest absolute Gasteiger partial charge is 0.243 e. The highest BCUT2D eigenvalue weighted by Gasteiger charge is 2.32. The first-order valence-corrected chi connectivity index (χ1v) is 8.18. The number of likely N-dealkylation sites (tertiary alicyclic amines) is 1. The van der Waals surface area contributed by atoms with Crippen LogP contribution in [0.5, 0.6) is 5.75 Å². The minimum absolute atomic E-state index is 0.00544. The van der Waals surface area contributed by atoms with Crippen molar-refractivity contribution in [3.63, 3.8) is 0 Å². The highest BCUT2D eigenvalue weighted by molar-refractivity contribution is 7.89. The molecule has 1 atom stereocenters. The fraction of sp³-hybridized carbons (Fsp3) is 0.538. The van der Waals surface area contributed by atoms with Crippen LogP contribution in [0.3, 0.4) is 0 Å². The zero-order valence-corrected chi connectivity index (χ0v) is 13.4. The molecule has 1 saturated heterocycles. The zero-order chi connectivity index (χ0) is 14.9. The fourth-order valence-corrected chi connectivity index (χ4v) is 4.10. The lowest BCUT2D eigenvalue weighted by Crippen LogP contribution is -2.38. The van der Waals surface area contributed by atoms with Gasteiger partial charge in [-0.1, -0.05) is 11.6 Å². The van der Waals surface area contributed by atoms with Crippen LogP contribution in [0.4, 0.5) is 0 Å². The summed E-state index contributed by atoms with van der Waals surface area (Å²) < 4.78 is 31.7. The number of halogens is 1. The van der Waals surface area contributed by atoms with E-state index >= 15 is 0 Å². The number of likely N-dealkylation sites (N-methyl/N-ethyl adjacent to an activating group) is 2. The van der Waals surface area contributed by atoms with Crippen LogP contribution in [0.2, 0.25) is 5.02 Å². The summed E-state index contributed by atoms with van der Waals surface area (Å²) in [7, 11) is 1.58. The molecule has 1 heterocycles. The molecule has 0 saturated carbocycles. The SMILES string of the molecule is COc1ccc(S(=O)(=O)N(C)C2CCN(C)C2)cc1Cl. The lowest BCUT2D eigenvalue weighted by molar-refractivity contribution is 0.345. The Bertz CT molecular complexity index is 591. The number of rotatable bonds is 4. The van der Waals surface area contributed by atoms with Gasteiger partial charge in [0.2, 0.25) is 10.0 Å². The van der Waals surface area contributed by atoms with E-state index in [2.05, 4.69) is 4.90 Å². The molecule has 1 aromatic rings. The molecule has 0 N–H and O–H groups in total. The van der Waals surface area contributed by atoms with Crippen molar-refractivity contribution in [2.24, 2.45) is 0 Å². The normalized spacial score (nSPS) is 20.6. The second-order valence-corrected chi connectivity index (χ2v) is 7.43. The van der Waals surface area contributed by atoms with Gasteiger partial charge in [-0.05, 0) is 38.2 Å². The number of ether oxygens (including phenoxy) is 1. The first-order valence-electron chi connectivity index (χ1n) is 6.36. The van der Waals surface area contributed by atoms with Gasteiger partial charge in [0.25, 0.3) is 0 Å². The third kappa shape index (κ3) is 2.93. The predicted molar refractivity (Wildman–Crippen MR) is 78.9 cm³/mol. The van der Waals surface area contributed by atoms with E-state index in [1.807, 2.05) is 7.05 Å². The summed E-state index contributed by atoms with van der Waals surface area (Å²) >= 11 is 6.01. The van der Waals surface area contributed by atoms with Crippen LogP contribution in [0, 0.1) is 0 Å². The van der Waals surface area contributed by atoms with Crippen molar-refractivity contribution in [2.45, 2.75) is 17.4 Å². The number of hydrogen-bond acceptors (Lipinski definition) is 4. The maximum Gasteiger partial charge on any atom is 0.243 e. The van der Waals surface area contributed by atoms with Gasteiger partial charge < -0.3 is 9.64 Å². The average molecular weight is 319 g/mol. The Balaban J connectivity index is 2.28. The maximum atomic E-state index is 12.6. The molecule has 0 aromatic heterocycles. The van der Waals surface area contributed by atoms with E-state index in [9.17, 15) is 8.42 Å². The van der Waals surface area contributed by atoms with Crippen molar-refractivity contribution in [1.29, 1.82) is 0 Å². The topological polar surface area (TPSA) is 49.9 Å². The van der Waals surface area contributed by atoms with E-state index in [0.29, 0.717) is 10.8 Å². The molecule has 1 unspecified atom stereocenters. The standard InChI is InChI=1S/C13H19ClN2O3S/c1-15-7-6-10(9-15)16(2)20(17,18)11-4-5-13(19-3)12(14)8-11/h4-5,8,10H,6-7,9H2,1-3H3. The molecule has 7 heteroatoms. The molecular weight excluding hydrogens is 300 g/mol. The number of nitrogens with zero attached hydrogens (tertiary/aromatic N) is 2. The molecule has 0 amide bonds. The molecular formula is C13H19ClN2O3S. The van der Waals surface area contributed by atoms with Crippen molar-refractivity contribution in [3.8, 4) is 5.75 Å². The van der Waals surface area contributed by atoms with Crippen molar-refractivity contribution in [2.75, 3.05) is 34.3 Å². The van der Waals surface area contributed by atoms with Crippen LogP contribution < -0.4 is 4.74 Å². The highest BCUT2D eigenvalue weighted by atomic mass is 35.5. The number of sulfonamides is 1. The van der Waals surface area contributed by atoms with Crippen molar-refractivity contribution in [1.82, 2.24) is 9.21 Å². The molecule has 112 valence electrons. The van der Waals surface area contributed by atoms with Gasteiger partial charge in [0.05, 0.1) is 17.0 Å². The summed E-state index contributed by atoms with van der Waals surface area (Å²) in [5.41, 5.74) is 0. The van der Waals surface area contributed by atoms with Gasteiger partial charge in [0.1, 0.15) is 5.75 Å². The summed E-state index contributed by atoms with van der Waals surface area (Å²) in [6, 6.07) is 4.54. The Morgan fingerprint density at radius 2 is 2.15 bits per heavy atom. The maximum absolute atomic E-state index is 12.6. The highest BCUT2D eigenvalue weighted by Crippen LogP contribution is 2.29. The van der Waals surface area contributed by atoms with Gasteiger partial charge in [-0.15, -0.1) is 0 Å². The first-order chi connectivity index (χ1) is 9.36. The molecule has 0 spiro atoms. The van der Waals surface area contributed by atoms with Crippen LogP contribution in [-0.2, 0) is 10.0 Å². The van der Waals surface area contributed by atoms with Gasteiger partial charge in [0, 0.05) is 19.6 Å². The molecule has 1 aliphatic rings. The number of methoxy groups -OCH3 is 1.